The largest absolute Gasteiger partial charge is 0.490 e. The Morgan fingerprint density at radius 3 is 2.81 bits per heavy atom. The topological polar surface area (TPSA) is 79.4 Å². The second kappa shape index (κ2) is 8.14. The van der Waals surface area contributed by atoms with E-state index in [1.807, 2.05) is 32.0 Å². The smallest absolute Gasteiger partial charge is 0.324 e. The van der Waals surface area contributed by atoms with Crippen LogP contribution in [0.2, 0.25) is 0 Å². The molecule has 2 N–H and O–H groups in total. The average molecular weight is 355 g/mol. The minimum absolute atomic E-state index is 0.378. The van der Waals surface area contributed by atoms with Crippen molar-refractivity contribution in [3.8, 4) is 5.75 Å². The third-order valence-electron chi connectivity index (χ3n) is 4.51. The number of nitrogens with zero attached hydrogens (tertiary/aromatic N) is 3. The second-order valence-corrected chi connectivity index (χ2v) is 6.71. The zero-order valence-electron chi connectivity index (χ0n) is 15.5. The molecule has 0 saturated carbocycles. The number of carbonyl (C=O) groups is 1. The summed E-state index contributed by atoms with van der Waals surface area (Å²) < 4.78 is 6.00. The van der Waals surface area contributed by atoms with Crippen LogP contribution in [0, 0.1) is 13.8 Å². The van der Waals surface area contributed by atoms with E-state index in [9.17, 15) is 4.79 Å². The predicted molar refractivity (Wildman–Crippen MR) is 102 cm³/mol. The molecule has 2 heterocycles. The molecular formula is C19H25N5O2. The third kappa shape index (κ3) is 4.70. The molecule has 1 unspecified atom stereocenters. The maximum Gasteiger partial charge on any atom is 0.324 e. The second-order valence-electron chi connectivity index (χ2n) is 6.71. The zero-order valence-corrected chi connectivity index (χ0v) is 15.5. The van der Waals surface area contributed by atoms with Crippen molar-refractivity contribution in [2.24, 2.45) is 0 Å². The molecule has 2 aromatic rings. The molecule has 1 aromatic heterocycles. The normalized spacial score (nSPS) is 17.1. The summed E-state index contributed by atoms with van der Waals surface area (Å²) in [5.41, 5.74) is 2.48. The van der Waals surface area contributed by atoms with E-state index in [0.29, 0.717) is 29.9 Å². The first-order chi connectivity index (χ1) is 12.5. The fraction of sp³-hybridized carbons (Fsp3) is 0.421. The minimum atomic E-state index is -0.378. The molecule has 1 saturated heterocycles. The standard InChI is InChI=1S/C19H25N5O2/c1-13-6-7-17(26-12-15-5-4-8-24(15)3)16(9-13)22-19(25)23-18-11-20-14(2)10-21-18/h6-7,9-11,15H,4-5,8,12H2,1-3H3,(H2,21,22,23,25). The number of likely N-dealkylation sites (N-methyl/N-ethyl adjacent to an activating group) is 1. The van der Waals surface area contributed by atoms with Crippen molar-refractivity contribution in [2.45, 2.75) is 32.7 Å². The molecule has 26 heavy (non-hydrogen) atoms. The molecule has 0 radical (unpaired) electrons. The van der Waals surface area contributed by atoms with Crippen LogP contribution in [-0.4, -0.2) is 47.1 Å². The molecular weight excluding hydrogens is 330 g/mol. The van der Waals surface area contributed by atoms with Crippen molar-refractivity contribution in [1.82, 2.24) is 14.9 Å². The van der Waals surface area contributed by atoms with Gasteiger partial charge in [-0.2, -0.15) is 0 Å². The molecule has 138 valence electrons. The van der Waals surface area contributed by atoms with Gasteiger partial charge in [0.25, 0.3) is 0 Å². The quantitative estimate of drug-likeness (QED) is 0.861. The Balaban J connectivity index is 1.64. The summed E-state index contributed by atoms with van der Waals surface area (Å²) in [6, 6.07) is 5.81. The van der Waals surface area contributed by atoms with Gasteiger partial charge in [-0.1, -0.05) is 6.07 Å². The van der Waals surface area contributed by atoms with Gasteiger partial charge in [0.15, 0.2) is 5.82 Å². The maximum absolute atomic E-state index is 12.3. The Kier molecular flexibility index (Phi) is 5.68. The molecule has 1 aliphatic rings. The van der Waals surface area contributed by atoms with Crippen LogP contribution < -0.4 is 15.4 Å². The molecule has 1 atom stereocenters. The number of rotatable bonds is 5. The Hall–Kier alpha value is -2.67. The van der Waals surface area contributed by atoms with Gasteiger partial charge in [-0.15, -0.1) is 0 Å². The van der Waals surface area contributed by atoms with Gasteiger partial charge in [0.1, 0.15) is 12.4 Å². The lowest BCUT2D eigenvalue weighted by Crippen LogP contribution is -2.30. The molecule has 3 rings (SSSR count). The molecule has 2 amide bonds. The Morgan fingerprint density at radius 2 is 2.12 bits per heavy atom. The van der Waals surface area contributed by atoms with Crippen LogP contribution in [0.1, 0.15) is 24.1 Å². The Morgan fingerprint density at radius 1 is 1.27 bits per heavy atom. The molecule has 7 nitrogen and oxygen atoms in total. The van der Waals surface area contributed by atoms with E-state index in [0.717, 1.165) is 24.2 Å². The highest BCUT2D eigenvalue weighted by Gasteiger charge is 2.22. The predicted octanol–water partition coefficient (Wildman–Crippen LogP) is 3.21. The van der Waals surface area contributed by atoms with Gasteiger partial charge in [-0.3, -0.25) is 10.3 Å². The van der Waals surface area contributed by atoms with Crippen molar-refractivity contribution in [1.29, 1.82) is 0 Å². The molecule has 1 fully saturated rings. The number of benzene rings is 1. The van der Waals surface area contributed by atoms with Gasteiger partial charge in [-0.25, -0.2) is 9.78 Å². The van der Waals surface area contributed by atoms with Crippen molar-refractivity contribution < 1.29 is 9.53 Å². The summed E-state index contributed by atoms with van der Waals surface area (Å²) in [4.78, 5) is 22.8. The van der Waals surface area contributed by atoms with E-state index in [1.54, 1.807) is 6.20 Å². The van der Waals surface area contributed by atoms with Crippen LogP contribution in [0.3, 0.4) is 0 Å². The lowest BCUT2D eigenvalue weighted by molar-refractivity contribution is 0.199. The third-order valence-corrected chi connectivity index (χ3v) is 4.51. The number of nitrogens with one attached hydrogen (secondary N) is 2. The lowest BCUT2D eigenvalue weighted by Gasteiger charge is -2.21. The van der Waals surface area contributed by atoms with Crippen LogP contribution in [0.15, 0.2) is 30.6 Å². The van der Waals surface area contributed by atoms with Crippen LogP contribution >= 0.6 is 0 Å². The number of hydrogen-bond acceptors (Lipinski definition) is 5. The van der Waals surface area contributed by atoms with E-state index < -0.39 is 0 Å². The first-order valence-corrected chi connectivity index (χ1v) is 8.81. The van der Waals surface area contributed by atoms with Gasteiger partial charge in [0.05, 0.1) is 23.8 Å². The monoisotopic (exact) mass is 355 g/mol. The number of aryl methyl sites for hydroxylation is 2. The molecule has 0 bridgehead atoms. The summed E-state index contributed by atoms with van der Waals surface area (Å²) in [5, 5.41) is 5.53. The van der Waals surface area contributed by atoms with Crippen molar-refractivity contribution in [3.63, 3.8) is 0 Å². The number of anilines is 2. The molecule has 0 aliphatic carbocycles. The number of carbonyl (C=O) groups excluding carboxylic acids is 1. The van der Waals surface area contributed by atoms with E-state index in [4.69, 9.17) is 4.74 Å². The average Bonchev–Trinajstić information content (AvgIpc) is 3.01. The van der Waals surface area contributed by atoms with Gasteiger partial charge >= 0.3 is 6.03 Å². The summed E-state index contributed by atoms with van der Waals surface area (Å²) in [7, 11) is 2.12. The highest BCUT2D eigenvalue weighted by Crippen LogP contribution is 2.27. The van der Waals surface area contributed by atoms with Crippen molar-refractivity contribution in [2.75, 3.05) is 30.8 Å². The highest BCUT2D eigenvalue weighted by atomic mass is 16.5. The Bertz CT molecular complexity index is 763. The summed E-state index contributed by atoms with van der Waals surface area (Å²) in [5.74, 6) is 1.07. The SMILES string of the molecule is Cc1ccc(OCC2CCCN2C)c(NC(=O)Nc2cnc(C)cn2)c1. The summed E-state index contributed by atoms with van der Waals surface area (Å²) >= 11 is 0. The summed E-state index contributed by atoms with van der Waals surface area (Å²) in [6.45, 7) is 5.53. The lowest BCUT2D eigenvalue weighted by atomic mass is 10.2. The first-order valence-electron chi connectivity index (χ1n) is 8.81. The van der Waals surface area contributed by atoms with Gasteiger partial charge in [-0.05, 0) is 58.0 Å². The number of amides is 2. The maximum atomic E-state index is 12.3. The number of urea groups is 1. The highest BCUT2D eigenvalue weighted by molar-refractivity contribution is 6.00. The molecule has 7 heteroatoms. The Labute approximate surface area is 153 Å². The number of ether oxygens (including phenoxy) is 1. The van der Waals surface area contributed by atoms with E-state index >= 15 is 0 Å². The van der Waals surface area contributed by atoms with E-state index in [2.05, 4.69) is 32.5 Å². The van der Waals surface area contributed by atoms with Crippen LogP contribution in [-0.2, 0) is 0 Å². The van der Waals surface area contributed by atoms with Gasteiger partial charge < -0.3 is 15.0 Å². The van der Waals surface area contributed by atoms with Crippen LogP contribution in [0.5, 0.6) is 5.75 Å². The van der Waals surface area contributed by atoms with E-state index in [-0.39, 0.29) is 6.03 Å². The number of likely N-dealkylation sites (tertiary alicyclic amines) is 1. The molecule has 1 aliphatic heterocycles. The minimum Gasteiger partial charge on any atom is -0.490 e. The first kappa shape index (κ1) is 18.1. The molecule has 0 spiro atoms. The summed E-state index contributed by atoms with van der Waals surface area (Å²) in [6.07, 6.45) is 5.47. The van der Waals surface area contributed by atoms with Gasteiger partial charge in [0, 0.05) is 6.04 Å². The fourth-order valence-corrected chi connectivity index (χ4v) is 2.97. The number of aromatic nitrogens is 2. The fourth-order valence-electron chi connectivity index (χ4n) is 2.97. The molecule has 1 aromatic carbocycles. The van der Waals surface area contributed by atoms with E-state index in [1.165, 1.54) is 12.6 Å². The van der Waals surface area contributed by atoms with Crippen LogP contribution in [0.25, 0.3) is 0 Å². The number of hydrogen-bond donors (Lipinski definition) is 2. The van der Waals surface area contributed by atoms with Crippen molar-refractivity contribution in [3.05, 3.63) is 41.9 Å². The van der Waals surface area contributed by atoms with Gasteiger partial charge in [0.2, 0.25) is 0 Å². The zero-order chi connectivity index (χ0) is 18.5. The van der Waals surface area contributed by atoms with Crippen molar-refractivity contribution >= 4 is 17.5 Å². The van der Waals surface area contributed by atoms with Crippen LogP contribution in [0.4, 0.5) is 16.3 Å².